The van der Waals surface area contributed by atoms with Crippen LogP contribution in [0.25, 0.3) is 0 Å². The van der Waals surface area contributed by atoms with Crippen LogP contribution in [-0.4, -0.2) is 49.4 Å². The van der Waals surface area contributed by atoms with Crippen molar-refractivity contribution >= 4 is 17.7 Å². The molecule has 0 saturated heterocycles. The van der Waals surface area contributed by atoms with E-state index in [0.717, 1.165) is 0 Å². The Morgan fingerprint density at radius 3 is 2.21 bits per heavy atom. The van der Waals surface area contributed by atoms with Crippen LogP contribution in [0.5, 0.6) is 11.5 Å². The lowest BCUT2D eigenvalue weighted by Gasteiger charge is -2.13. The maximum Gasteiger partial charge on any atom is 0.261 e. The second-order valence-electron chi connectivity index (χ2n) is 6.26. The minimum Gasteiger partial charge on any atom is -0.493 e. The molecule has 1 N–H and O–H groups in total. The van der Waals surface area contributed by atoms with Crippen LogP contribution in [0, 0.1) is 0 Å². The summed E-state index contributed by atoms with van der Waals surface area (Å²) in [4.78, 5) is 37.7. The molecule has 0 fully saturated rings. The maximum atomic E-state index is 12.3. The largest absolute Gasteiger partial charge is 0.493 e. The van der Waals surface area contributed by atoms with E-state index in [1.807, 2.05) is 12.1 Å². The Bertz CT molecular complexity index is 846. The van der Waals surface area contributed by atoms with Gasteiger partial charge in [0.15, 0.2) is 11.5 Å². The molecule has 2 aromatic carbocycles. The molecule has 3 rings (SSSR count). The summed E-state index contributed by atoms with van der Waals surface area (Å²) in [6.07, 6.45) is 0.632. The van der Waals surface area contributed by atoms with Crippen LogP contribution in [0.3, 0.4) is 0 Å². The van der Waals surface area contributed by atoms with Crippen molar-refractivity contribution < 1.29 is 23.9 Å². The summed E-state index contributed by atoms with van der Waals surface area (Å²) in [5.41, 5.74) is 0.843. The van der Waals surface area contributed by atoms with Crippen molar-refractivity contribution in [1.29, 1.82) is 0 Å². The first-order valence-corrected chi connectivity index (χ1v) is 9.09. The number of hydrogen-bond acceptors (Lipinski definition) is 5. The van der Waals surface area contributed by atoms with Gasteiger partial charge < -0.3 is 14.8 Å². The molecule has 146 valence electrons. The van der Waals surface area contributed by atoms with Crippen molar-refractivity contribution in [2.45, 2.75) is 12.8 Å². The van der Waals surface area contributed by atoms with Crippen LogP contribution >= 0.6 is 0 Å². The topological polar surface area (TPSA) is 84.9 Å². The first-order valence-electron chi connectivity index (χ1n) is 9.09. The maximum absolute atomic E-state index is 12.3. The first-order chi connectivity index (χ1) is 13.6. The van der Waals surface area contributed by atoms with E-state index < -0.39 is 0 Å². The zero-order chi connectivity index (χ0) is 19.9. The average molecular weight is 382 g/mol. The lowest BCUT2D eigenvalue weighted by Crippen LogP contribution is -2.32. The smallest absolute Gasteiger partial charge is 0.261 e. The summed E-state index contributed by atoms with van der Waals surface area (Å²) >= 11 is 0. The van der Waals surface area contributed by atoms with Gasteiger partial charge in [0.1, 0.15) is 6.61 Å². The summed E-state index contributed by atoms with van der Waals surface area (Å²) in [5.74, 6) is 0.498. The van der Waals surface area contributed by atoms with Gasteiger partial charge in [-0.25, -0.2) is 0 Å². The second kappa shape index (κ2) is 9.03. The van der Waals surface area contributed by atoms with E-state index in [-0.39, 0.29) is 30.7 Å². The Morgan fingerprint density at radius 2 is 1.57 bits per heavy atom. The predicted molar refractivity (Wildman–Crippen MR) is 103 cm³/mol. The van der Waals surface area contributed by atoms with Crippen LogP contribution < -0.4 is 14.8 Å². The Hall–Kier alpha value is -3.35. The minimum atomic E-state index is -0.300. The molecule has 0 unspecified atom stereocenters. The number of nitrogens with zero attached hydrogens (tertiary/aromatic N) is 1. The molecule has 2 aromatic rings. The zero-order valence-electron chi connectivity index (χ0n) is 15.6. The molecule has 0 aliphatic carbocycles. The highest BCUT2D eigenvalue weighted by molar-refractivity contribution is 6.21. The van der Waals surface area contributed by atoms with E-state index in [0.29, 0.717) is 42.2 Å². The number of imide groups is 1. The number of carbonyl (C=O) groups is 3. The molecule has 0 bridgehead atoms. The monoisotopic (exact) mass is 382 g/mol. The zero-order valence-corrected chi connectivity index (χ0v) is 15.6. The molecule has 0 saturated carbocycles. The molecule has 0 spiro atoms. The molecule has 7 nitrogen and oxygen atoms in total. The average Bonchev–Trinajstić information content (AvgIpc) is 2.96. The SMILES string of the molecule is COc1ccccc1OCCNC(=O)CCCN1C(=O)c2ccccc2C1=O. The van der Waals surface area contributed by atoms with Crippen molar-refractivity contribution in [3.8, 4) is 11.5 Å². The molecule has 0 radical (unpaired) electrons. The summed E-state index contributed by atoms with van der Waals surface area (Å²) in [6.45, 7) is 0.881. The van der Waals surface area contributed by atoms with Gasteiger partial charge in [-0.1, -0.05) is 24.3 Å². The number of amides is 3. The Morgan fingerprint density at radius 1 is 0.964 bits per heavy atom. The van der Waals surface area contributed by atoms with Crippen LogP contribution in [0.1, 0.15) is 33.6 Å². The van der Waals surface area contributed by atoms with Gasteiger partial charge in [0, 0.05) is 13.0 Å². The molecule has 1 heterocycles. The van der Waals surface area contributed by atoms with E-state index in [9.17, 15) is 14.4 Å². The van der Waals surface area contributed by atoms with Crippen molar-refractivity contribution in [2.24, 2.45) is 0 Å². The van der Waals surface area contributed by atoms with Gasteiger partial charge in [-0.2, -0.15) is 0 Å². The summed E-state index contributed by atoms with van der Waals surface area (Å²) in [7, 11) is 1.57. The Kier molecular flexibility index (Phi) is 6.26. The summed E-state index contributed by atoms with van der Waals surface area (Å²) in [6, 6.07) is 14.0. The van der Waals surface area contributed by atoms with Gasteiger partial charge in [-0.05, 0) is 30.7 Å². The Labute approximate surface area is 163 Å². The standard InChI is InChI=1S/C21H22N2O5/c1-27-17-9-4-5-10-18(17)28-14-12-22-19(24)11-6-13-23-20(25)15-7-2-3-8-16(15)21(23)26/h2-5,7-10H,6,11-14H2,1H3,(H,22,24). The van der Waals surface area contributed by atoms with Crippen molar-refractivity contribution in [2.75, 3.05) is 26.8 Å². The normalized spacial score (nSPS) is 12.7. The third kappa shape index (κ3) is 4.31. The number of fused-ring (bicyclic) bond motifs is 1. The highest BCUT2D eigenvalue weighted by Gasteiger charge is 2.34. The molecule has 1 aliphatic heterocycles. The molecular weight excluding hydrogens is 360 g/mol. The fraction of sp³-hybridized carbons (Fsp3) is 0.286. The number of hydrogen-bond donors (Lipinski definition) is 1. The molecule has 3 amide bonds. The number of rotatable bonds is 9. The highest BCUT2D eigenvalue weighted by Crippen LogP contribution is 2.25. The van der Waals surface area contributed by atoms with Crippen LogP contribution in [-0.2, 0) is 4.79 Å². The van der Waals surface area contributed by atoms with Gasteiger partial charge >= 0.3 is 0 Å². The number of para-hydroxylation sites is 2. The first kappa shape index (κ1) is 19.4. The van der Waals surface area contributed by atoms with Crippen LogP contribution in [0.4, 0.5) is 0 Å². The number of benzene rings is 2. The Balaban J connectivity index is 1.36. The van der Waals surface area contributed by atoms with Crippen molar-refractivity contribution in [1.82, 2.24) is 10.2 Å². The van der Waals surface area contributed by atoms with Gasteiger partial charge in [0.25, 0.3) is 11.8 Å². The highest BCUT2D eigenvalue weighted by atomic mass is 16.5. The predicted octanol–water partition coefficient (Wildman–Crippen LogP) is 2.27. The number of carbonyl (C=O) groups excluding carboxylic acids is 3. The molecule has 1 aliphatic rings. The lowest BCUT2D eigenvalue weighted by atomic mass is 10.1. The van der Waals surface area contributed by atoms with E-state index >= 15 is 0 Å². The van der Waals surface area contributed by atoms with Crippen LogP contribution in [0.2, 0.25) is 0 Å². The van der Waals surface area contributed by atoms with E-state index in [1.54, 1.807) is 43.5 Å². The quantitative estimate of drug-likeness (QED) is 0.531. The third-order valence-corrected chi connectivity index (χ3v) is 4.41. The number of nitrogens with one attached hydrogen (secondary N) is 1. The fourth-order valence-electron chi connectivity index (χ4n) is 3.02. The van der Waals surface area contributed by atoms with Crippen molar-refractivity contribution in [3.63, 3.8) is 0 Å². The van der Waals surface area contributed by atoms with Gasteiger partial charge in [0.05, 0.1) is 24.8 Å². The summed E-state index contributed by atoms with van der Waals surface area (Å²) in [5, 5.41) is 2.76. The van der Waals surface area contributed by atoms with Crippen LogP contribution in [0.15, 0.2) is 48.5 Å². The van der Waals surface area contributed by atoms with E-state index in [2.05, 4.69) is 5.32 Å². The molecular formula is C21H22N2O5. The van der Waals surface area contributed by atoms with Gasteiger partial charge in [-0.15, -0.1) is 0 Å². The van der Waals surface area contributed by atoms with E-state index in [4.69, 9.17) is 9.47 Å². The molecule has 28 heavy (non-hydrogen) atoms. The van der Waals surface area contributed by atoms with Crippen molar-refractivity contribution in [3.05, 3.63) is 59.7 Å². The van der Waals surface area contributed by atoms with Gasteiger partial charge in [0.2, 0.25) is 5.91 Å². The lowest BCUT2D eigenvalue weighted by molar-refractivity contribution is -0.121. The molecule has 0 aromatic heterocycles. The molecule has 0 atom stereocenters. The second-order valence-corrected chi connectivity index (χ2v) is 6.26. The molecule has 7 heteroatoms. The number of ether oxygens (including phenoxy) is 2. The van der Waals surface area contributed by atoms with Gasteiger partial charge in [-0.3, -0.25) is 19.3 Å². The summed E-state index contributed by atoms with van der Waals surface area (Å²) < 4.78 is 10.8. The third-order valence-electron chi connectivity index (χ3n) is 4.41. The fourth-order valence-corrected chi connectivity index (χ4v) is 3.02. The number of methoxy groups -OCH3 is 1. The van der Waals surface area contributed by atoms with E-state index in [1.165, 1.54) is 4.90 Å². The minimum absolute atomic E-state index is 0.153.